The molecule has 3 rings (SSSR count). The molecule has 1 unspecified atom stereocenters. The molecule has 5 nitrogen and oxygen atoms in total. The molecule has 9 heteroatoms. The van der Waals surface area contributed by atoms with Gasteiger partial charge >= 0.3 is 6.18 Å². The monoisotopic (exact) mass is 439 g/mol. The van der Waals surface area contributed by atoms with E-state index in [4.69, 9.17) is 0 Å². The Hall–Kier alpha value is -2.13. The molecule has 2 N–H and O–H groups in total. The van der Waals surface area contributed by atoms with Crippen LogP contribution >= 0.6 is 11.3 Å². The highest BCUT2D eigenvalue weighted by Gasteiger charge is 2.33. The second-order valence-corrected chi connectivity index (χ2v) is 8.30. The highest BCUT2D eigenvalue weighted by atomic mass is 32.1. The lowest BCUT2D eigenvalue weighted by Crippen LogP contribution is -2.42. The zero-order valence-corrected chi connectivity index (χ0v) is 18.1. The minimum atomic E-state index is -4.39. The SMILES string of the molecule is CCNC(=NCC(C)N1CCc2ccccc2C1)NCCc1nc(C(F)(F)F)cs1. The smallest absolute Gasteiger partial charge is 0.357 e. The summed E-state index contributed by atoms with van der Waals surface area (Å²) >= 11 is 1.03. The van der Waals surface area contributed by atoms with Crippen LogP contribution in [0.2, 0.25) is 0 Å². The van der Waals surface area contributed by atoms with E-state index < -0.39 is 11.9 Å². The Kier molecular flexibility index (Phi) is 7.71. The van der Waals surface area contributed by atoms with Crippen molar-refractivity contribution in [3.05, 3.63) is 51.5 Å². The first-order valence-corrected chi connectivity index (χ1v) is 11.1. The number of aromatic nitrogens is 1. The molecular weight excluding hydrogens is 411 g/mol. The number of alkyl halides is 3. The third-order valence-electron chi connectivity index (χ3n) is 5.11. The van der Waals surface area contributed by atoms with Gasteiger partial charge in [0.2, 0.25) is 0 Å². The number of fused-ring (bicyclic) bond motifs is 1. The van der Waals surface area contributed by atoms with E-state index in [2.05, 4.69) is 56.7 Å². The molecule has 1 atom stereocenters. The lowest BCUT2D eigenvalue weighted by atomic mass is 9.99. The Balaban J connectivity index is 1.50. The minimum Gasteiger partial charge on any atom is -0.357 e. The van der Waals surface area contributed by atoms with E-state index in [0.717, 1.165) is 36.2 Å². The van der Waals surface area contributed by atoms with Crippen LogP contribution in [0.5, 0.6) is 0 Å². The maximum absolute atomic E-state index is 12.7. The third-order valence-corrected chi connectivity index (χ3v) is 6.02. The van der Waals surface area contributed by atoms with Gasteiger partial charge in [-0.1, -0.05) is 24.3 Å². The number of guanidine groups is 1. The second-order valence-electron chi connectivity index (χ2n) is 7.36. The molecule has 0 spiro atoms. The van der Waals surface area contributed by atoms with Crippen molar-refractivity contribution in [1.29, 1.82) is 0 Å². The Labute approximate surface area is 179 Å². The van der Waals surface area contributed by atoms with Gasteiger partial charge in [-0.25, -0.2) is 4.98 Å². The summed E-state index contributed by atoms with van der Waals surface area (Å²) in [6.07, 6.45) is -2.91. The third kappa shape index (κ3) is 6.18. The van der Waals surface area contributed by atoms with Crippen molar-refractivity contribution < 1.29 is 13.2 Å². The minimum absolute atomic E-state index is 0.294. The van der Waals surface area contributed by atoms with Crippen LogP contribution in [0.3, 0.4) is 0 Å². The molecule has 1 aromatic heterocycles. The first kappa shape index (κ1) is 22.6. The topological polar surface area (TPSA) is 52.6 Å². The van der Waals surface area contributed by atoms with Gasteiger partial charge in [0.1, 0.15) is 0 Å². The van der Waals surface area contributed by atoms with E-state index in [1.54, 1.807) is 0 Å². The molecule has 1 aliphatic heterocycles. The zero-order chi connectivity index (χ0) is 21.6. The molecule has 0 saturated heterocycles. The van der Waals surface area contributed by atoms with Crippen LogP contribution in [0.1, 0.15) is 35.7 Å². The second kappa shape index (κ2) is 10.3. The van der Waals surface area contributed by atoms with Crippen LogP contribution in [0, 0.1) is 0 Å². The van der Waals surface area contributed by atoms with Gasteiger partial charge in [-0.05, 0) is 31.4 Å². The molecule has 0 radical (unpaired) electrons. The molecule has 0 saturated carbocycles. The van der Waals surface area contributed by atoms with Gasteiger partial charge in [0.15, 0.2) is 11.7 Å². The summed E-state index contributed by atoms with van der Waals surface area (Å²) in [5.74, 6) is 0.675. The Bertz CT molecular complexity index is 849. The van der Waals surface area contributed by atoms with Crippen LogP contribution in [0.25, 0.3) is 0 Å². The maximum atomic E-state index is 12.7. The maximum Gasteiger partial charge on any atom is 0.434 e. The fourth-order valence-corrected chi connectivity index (χ4v) is 4.22. The predicted molar refractivity (Wildman–Crippen MR) is 115 cm³/mol. The summed E-state index contributed by atoms with van der Waals surface area (Å²) in [4.78, 5) is 10.8. The highest BCUT2D eigenvalue weighted by Crippen LogP contribution is 2.30. The van der Waals surface area contributed by atoms with E-state index in [0.29, 0.717) is 43.1 Å². The normalized spacial score (nSPS) is 16.2. The summed E-state index contributed by atoms with van der Waals surface area (Å²) < 4.78 is 38.0. The number of hydrogen-bond acceptors (Lipinski definition) is 4. The van der Waals surface area contributed by atoms with E-state index >= 15 is 0 Å². The quantitative estimate of drug-likeness (QED) is 0.510. The average Bonchev–Trinajstić information content (AvgIpc) is 3.21. The van der Waals surface area contributed by atoms with Crippen LogP contribution in [0.15, 0.2) is 34.6 Å². The van der Waals surface area contributed by atoms with E-state index in [1.807, 2.05) is 6.92 Å². The van der Waals surface area contributed by atoms with Gasteiger partial charge in [-0.15, -0.1) is 11.3 Å². The number of thiazole rings is 1. The summed E-state index contributed by atoms with van der Waals surface area (Å²) in [5, 5.41) is 7.92. The van der Waals surface area contributed by atoms with Crippen molar-refractivity contribution in [2.45, 2.75) is 45.5 Å². The average molecular weight is 440 g/mol. The van der Waals surface area contributed by atoms with Crippen molar-refractivity contribution >= 4 is 17.3 Å². The number of hydrogen-bond donors (Lipinski definition) is 2. The number of rotatable bonds is 7. The molecule has 30 heavy (non-hydrogen) atoms. The van der Waals surface area contributed by atoms with E-state index in [1.165, 1.54) is 11.1 Å². The first-order valence-electron chi connectivity index (χ1n) is 10.2. The largest absolute Gasteiger partial charge is 0.434 e. The lowest BCUT2D eigenvalue weighted by Gasteiger charge is -2.33. The van der Waals surface area contributed by atoms with E-state index in [9.17, 15) is 13.2 Å². The zero-order valence-electron chi connectivity index (χ0n) is 17.3. The van der Waals surface area contributed by atoms with Gasteiger partial charge in [-0.3, -0.25) is 9.89 Å². The van der Waals surface area contributed by atoms with Crippen molar-refractivity contribution in [2.75, 3.05) is 26.2 Å². The molecule has 2 heterocycles. The van der Waals surface area contributed by atoms with Gasteiger partial charge in [-0.2, -0.15) is 13.2 Å². The number of benzene rings is 1. The summed E-state index contributed by atoms with van der Waals surface area (Å²) in [6, 6.07) is 8.85. The van der Waals surface area contributed by atoms with Gasteiger partial charge in [0, 0.05) is 44.0 Å². The Morgan fingerprint density at radius 3 is 2.73 bits per heavy atom. The molecule has 0 aliphatic carbocycles. The fourth-order valence-electron chi connectivity index (χ4n) is 3.42. The van der Waals surface area contributed by atoms with Crippen molar-refractivity contribution in [3.63, 3.8) is 0 Å². The number of halogens is 3. The summed E-state index contributed by atoms with van der Waals surface area (Å²) in [6.45, 7) is 7.95. The lowest BCUT2D eigenvalue weighted by molar-refractivity contribution is -0.140. The molecule has 1 aromatic carbocycles. The standard InChI is InChI=1S/C21H28F3N5S/c1-3-25-20(26-10-8-19-28-18(14-30-19)21(22,23)24)27-12-15(2)29-11-9-16-6-4-5-7-17(16)13-29/h4-7,14-15H,3,8-13H2,1-2H3,(H2,25,26,27). The summed E-state index contributed by atoms with van der Waals surface area (Å²) in [5.41, 5.74) is 1.99. The Morgan fingerprint density at radius 2 is 2.03 bits per heavy atom. The van der Waals surface area contributed by atoms with E-state index in [-0.39, 0.29) is 0 Å². The van der Waals surface area contributed by atoms with Gasteiger partial charge in [0.05, 0.1) is 11.6 Å². The first-order chi connectivity index (χ1) is 14.4. The molecular formula is C21H28F3N5S. The summed E-state index contributed by atoms with van der Waals surface area (Å²) in [7, 11) is 0. The van der Waals surface area contributed by atoms with Crippen LogP contribution in [-0.4, -0.2) is 48.1 Å². The molecule has 1 aliphatic rings. The number of nitrogens with zero attached hydrogens (tertiary/aromatic N) is 3. The highest BCUT2D eigenvalue weighted by molar-refractivity contribution is 7.09. The van der Waals surface area contributed by atoms with Crippen LogP contribution < -0.4 is 10.6 Å². The van der Waals surface area contributed by atoms with Crippen LogP contribution in [-0.2, 0) is 25.6 Å². The fraction of sp³-hybridized carbons (Fsp3) is 0.524. The number of aliphatic imine (C=N–C) groups is 1. The van der Waals surface area contributed by atoms with Crippen molar-refractivity contribution in [1.82, 2.24) is 20.5 Å². The molecule has 0 bridgehead atoms. The van der Waals surface area contributed by atoms with Gasteiger partial charge in [0.25, 0.3) is 0 Å². The number of nitrogens with one attached hydrogen (secondary N) is 2. The molecule has 2 aromatic rings. The molecule has 164 valence electrons. The molecule has 0 amide bonds. The van der Waals surface area contributed by atoms with Crippen LogP contribution in [0.4, 0.5) is 13.2 Å². The Morgan fingerprint density at radius 1 is 1.27 bits per heavy atom. The van der Waals surface area contributed by atoms with Crippen molar-refractivity contribution in [2.24, 2.45) is 4.99 Å². The van der Waals surface area contributed by atoms with Crippen molar-refractivity contribution in [3.8, 4) is 0 Å². The van der Waals surface area contributed by atoms with Gasteiger partial charge < -0.3 is 10.6 Å². The predicted octanol–water partition coefficient (Wildman–Crippen LogP) is 3.71. The molecule has 0 fully saturated rings.